The lowest BCUT2D eigenvalue weighted by Gasteiger charge is -2.26. The molecule has 5 rings (SSSR count). The Kier molecular flexibility index (Phi) is 4.28. The lowest BCUT2D eigenvalue weighted by atomic mass is 10.1. The minimum absolute atomic E-state index is 0.635. The fraction of sp³-hybridized carbons (Fsp3) is 0.190. The average Bonchev–Trinajstić information content (AvgIpc) is 3.41. The van der Waals surface area contributed by atoms with Crippen molar-refractivity contribution < 1.29 is 4.74 Å². The van der Waals surface area contributed by atoms with Crippen molar-refractivity contribution in [3.63, 3.8) is 0 Å². The van der Waals surface area contributed by atoms with Gasteiger partial charge in [0.15, 0.2) is 5.13 Å². The van der Waals surface area contributed by atoms with Crippen LogP contribution in [0.2, 0.25) is 0 Å². The molecule has 1 aliphatic rings. The second-order valence-corrected chi connectivity index (χ2v) is 7.56. The second-order valence-electron chi connectivity index (χ2n) is 6.58. The van der Waals surface area contributed by atoms with E-state index >= 15 is 0 Å². The summed E-state index contributed by atoms with van der Waals surface area (Å²) in [5.74, 6) is 0. The molecule has 0 bridgehead atoms. The molecule has 28 heavy (non-hydrogen) atoms. The highest BCUT2D eigenvalue weighted by Gasteiger charge is 2.21. The molecule has 0 saturated carbocycles. The number of hydrogen-bond acceptors (Lipinski definition) is 6. The maximum Gasteiger partial charge on any atom is 0.186 e. The average molecular weight is 387 g/mol. The van der Waals surface area contributed by atoms with E-state index < -0.39 is 0 Å². The summed E-state index contributed by atoms with van der Waals surface area (Å²) in [6.07, 6.45) is 3.76. The summed E-state index contributed by atoms with van der Waals surface area (Å²) in [6, 6.07) is 16.0. The normalized spacial score (nSPS) is 14.3. The first-order chi connectivity index (χ1) is 13.8. The van der Waals surface area contributed by atoms with Crippen LogP contribution in [0.3, 0.4) is 0 Å². The maximum absolute atomic E-state index is 9.30. The van der Waals surface area contributed by atoms with Crippen LogP contribution in [0.4, 0.5) is 5.13 Å². The second kappa shape index (κ2) is 7.08. The molecule has 7 heteroatoms. The molecule has 6 nitrogen and oxygen atoms in total. The summed E-state index contributed by atoms with van der Waals surface area (Å²) < 4.78 is 7.34. The van der Waals surface area contributed by atoms with Gasteiger partial charge in [0.05, 0.1) is 40.9 Å². The molecule has 3 aromatic heterocycles. The van der Waals surface area contributed by atoms with E-state index in [0.29, 0.717) is 5.56 Å². The topological polar surface area (TPSA) is 66.5 Å². The summed E-state index contributed by atoms with van der Waals surface area (Å²) in [4.78, 5) is 8.35. The van der Waals surface area contributed by atoms with Crippen molar-refractivity contribution in [1.29, 1.82) is 5.26 Å². The Balaban J connectivity index is 1.66. The molecule has 0 atom stereocenters. The standard InChI is InChI=1S/C21H17N5OS/c22-14-15-2-1-3-16(12-15)19-20(17-5-7-26-18(13-17)4-6-23-26)28-21(24-19)25-8-10-27-11-9-25/h1-7,12-13H,8-11H2. The van der Waals surface area contributed by atoms with E-state index in [1.54, 1.807) is 17.5 Å². The molecular formula is C21H17N5OS. The van der Waals surface area contributed by atoms with Gasteiger partial charge in [0.1, 0.15) is 0 Å². The number of nitriles is 1. The number of ether oxygens (including phenoxy) is 1. The van der Waals surface area contributed by atoms with Crippen molar-refractivity contribution in [1.82, 2.24) is 14.6 Å². The fourth-order valence-corrected chi connectivity index (χ4v) is 4.53. The maximum atomic E-state index is 9.30. The van der Waals surface area contributed by atoms with Crippen LogP contribution in [0.5, 0.6) is 0 Å². The molecule has 0 amide bonds. The van der Waals surface area contributed by atoms with Gasteiger partial charge in [-0.1, -0.05) is 23.5 Å². The monoisotopic (exact) mass is 387 g/mol. The quantitative estimate of drug-likeness (QED) is 0.534. The zero-order valence-corrected chi connectivity index (χ0v) is 15.9. The number of anilines is 1. The Hall–Kier alpha value is -3.21. The molecule has 1 fully saturated rings. The number of morpholine rings is 1. The van der Waals surface area contributed by atoms with Crippen LogP contribution >= 0.6 is 11.3 Å². The number of aromatic nitrogens is 3. The predicted molar refractivity (Wildman–Crippen MR) is 109 cm³/mol. The van der Waals surface area contributed by atoms with Gasteiger partial charge in [-0.05, 0) is 35.9 Å². The van der Waals surface area contributed by atoms with Gasteiger partial charge in [-0.15, -0.1) is 0 Å². The van der Waals surface area contributed by atoms with Crippen molar-refractivity contribution in [3.8, 4) is 27.8 Å². The Bertz CT molecular complexity index is 1180. The van der Waals surface area contributed by atoms with E-state index in [0.717, 1.165) is 58.6 Å². The van der Waals surface area contributed by atoms with Crippen LogP contribution < -0.4 is 4.90 Å². The molecule has 1 aromatic carbocycles. The van der Waals surface area contributed by atoms with E-state index in [1.165, 1.54) is 0 Å². The molecule has 0 unspecified atom stereocenters. The number of fused-ring (bicyclic) bond motifs is 1. The van der Waals surface area contributed by atoms with Crippen molar-refractivity contribution in [3.05, 3.63) is 60.4 Å². The van der Waals surface area contributed by atoms with Gasteiger partial charge >= 0.3 is 0 Å². The molecule has 4 heterocycles. The smallest absolute Gasteiger partial charge is 0.186 e. The van der Waals surface area contributed by atoms with Crippen molar-refractivity contribution >= 4 is 22.0 Å². The highest BCUT2D eigenvalue weighted by molar-refractivity contribution is 7.19. The van der Waals surface area contributed by atoms with Gasteiger partial charge in [-0.3, -0.25) is 0 Å². The minimum atomic E-state index is 0.635. The highest BCUT2D eigenvalue weighted by Crippen LogP contribution is 2.41. The number of rotatable bonds is 3. The molecule has 0 spiro atoms. The third-order valence-electron chi connectivity index (χ3n) is 4.82. The summed E-state index contributed by atoms with van der Waals surface area (Å²) in [6.45, 7) is 3.12. The van der Waals surface area contributed by atoms with Crippen molar-refractivity contribution in [2.45, 2.75) is 0 Å². The number of thiazole rings is 1. The van der Waals surface area contributed by atoms with Gasteiger partial charge in [-0.25, -0.2) is 9.50 Å². The lowest BCUT2D eigenvalue weighted by molar-refractivity contribution is 0.122. The molecule has 0 N–H and O–H groups in total. The zero-order chi connectivity index (χ0) is 18.9. The Morgan fingerprint density at radius 3 is 2.82 bits per heavy atom. The van der Waals surface area contributed by atoms with Gasteiger partial charge in [0.2, 0.25) is 0 Å². The Labute approximate surface area is 166 Å². The van der Waals surface area contributed by atoms with Crippen LogP contribution in [-0.2, 0) is 4.74 Å². The molecule has 1 aliphatic heterocycles. The van der Waals surface area contributed by atoms with E-state index in [1.807, 2.05) is 41.0 Å². The van der Waals surface area contributed by atoms with Gasteiger partial charge < -0.3 is 9.64 Å². The van der Waals surface area contributed by atoms with Crippen LogP contribution in [0.25, 0.3) is 27.2 Å². The molecular weight excluding hydrogens is 370 g/mol. The van der Waals surface area contributed by atoms with E-state index in [4.69, 9.17) is 9.72 Å². The van der Waals surface area contributed by atoms with Gasteiger partial charge in [0, 0.05) is 31.0 Å². The van der Waals surface area contributed by atoms with E-state index in [-0.39, 0.29) is 0 Å². The number of pyridine rings is 1. The summed E-state index contributed by atoms with van der Waals surface area (Å²) >= 11 is 1.69. The third kappa shape index (κ3) is 3.03. The first-order valence-electron chi connectivity index (χ1n) is 9.10. The van der Waals surface area contributed by atoms with Gasteiger partial charge in [0.25, 0.3) is 0 Å². The van der Waals surface area contributed by atoms with Gasteiger partial charge in [-0.2, -0.15) is 10.4 Å². The summed E-state index contributed by atoms with van der Waals surface area (Å²) in [5, 5.41) is 14.6. The lowest BCUT2D eigenvalue weighted by Crippen LogP contribution is -2.36. The third-order valence-corrected chi connectivity index (χ3v) is 5.99. The van der Waals surface area contributed by atoms with Crippen molar-refractivity contribution in [2.24, 2.45) is 0 Å². The molecule has 0 aliphatic carbocycles. The van der Waals surface area contributed by atoms with Crippen LogP contribution in [0.15, 0.2) is 54.9 Å². The number of hydrogen-bond donors (Lipinski definition) is 0. The summed E-state index contributed by atoms with van der Waals surface area (Å²) in [7, 11) is 0. The largest absolute Gasteiger partial charge is 0.378 e. The molecule has 1 saturated heterocycles. The van der Waals surface area contributed by atoms with Crippen molar-refractivity contribution in [2.75, 3.05) is 31.2 Å². The molecule has 0 radical (unpaired) electrons. The fourth-order valence-electron chi connectivity index (χ4n) is 3.39. The molecule has 4 aromatic rings. The first-order valence-corrected chi connectivity index (χ1v) is 9.91. The predicted octanol–water partition coefficient (Wildman–Crippen LogP) is 3.83. The van der Waals surface area contributed by atoms with Crippen LogP contribution in [0, 0.1) is 11.3 Å². The SMILES string of the molecule is N#Cc1cccc(-c2nc(N3CCOCC3)sc2-c2ccn3nccc3c2)c1. The summed E-state index contributed by atoms with van der Waals surface area (Å²) in [5.41, 5.74) is 4.64. The van der Waals surface area contributed by atoms with E-state index in [2.05, 4.69) is 28.2 Å². The Morgan fingerprint density at radius 1 is 1.07 bits per heavy atom. The Morgan fingerprint density at radius 2 is 1.96 bits per heavy atom. The number of benzene rings is 1. The zero-order valence-electron chi connectivity index (χ0n) is 15.1. The highest BCUT2D eigenvalue weighted by atomic mass is 32.1. The molecule has 138 valence electrons. The van der Waals surface area contributed by atoms with E-state index in [9.17, 15) is 5.26 Å². The minimum Gasteiger partial charge on any atom is -0.378 e. The van der Waals surface area contributed by atoms with Crippen LogP contribution in [-0.4, -0.2) is 40.9 Å². The first kappa shape index (κ1) is 16.9. The van der Waals surface area contributed by atoms with Crippen LogP contribution in [0.1, 0.15) is 5.56 Å². The number of nitrogens with zero attached hydrogens (tertiary/aromatic N) is 5.